The van der Waals surface area contributed by atoms with Crippen molar-refractivity contribution >= 4 is 25.8 Å². The van der Waals surface area contributed by atoms with Crippen LogP contribution in [0.4, 0.5) is 0 Å². The highest BCUT2D eigenvalue weighted by Gasteiger charge is 2.35. The van der Waals surface area contributed by atoms with Gasteiger partial charge in [0.25, 0.3) is 0 Å². The van der Waals surface area contributed by atoms with Gasteiger partial charge in [0.2, 0.25) is 10.0 Å². The summed E-state index contributed by atoms with van der Waals surface area (Å²) < 4.78 is 61.7. The zero-order valence-corrected chi connectivity index (χ0v) is 18.1. The van der Waals surface area contributed by atoms with Crippen molar-refractivity contribution in [1.29, 1.82) is 0 Å². The molecule has 0 aliphatic carbocycles. The molecule has 2 saturated heterocycles. The molecule has 29 heavy (non-hydrogen) atoms. The zero-order chi connectivity index (χ0) is 21.2. The quantitative estimate of drug-likeness (QED) is 0.624. The lowest BCUT2D eigenvalue weighted by Gasteiger charge is -2.35. The van der Waals surface area contributed by atoms with Crippen LogP contribution in [0, 0.1) is 0 Å². The summed E-state index contributed by atoms with van der Waals surface area (Å²) in [5.74, 6) is -0.0933. The summed E-state index contributed by atoms with van der Waals surface area (Å²) in [5.41, 5.74) is 0.117. The van der Waals surface area contributed by atoms with Crippen LogP contribution in [0.5, 0.6) is 5.75 Å². The first kappa shape index (κ1) is 22.0. The second-order valence-electron chi connectivity index (χ2n) is 7.35. The number of esters is 1. The number of nitrogens with zero attached hydrogens (tertiary/aromatic N) is 1. The molecule has 0 saturated carbocycles. The molecule has 0 aromatic heterocycles. The van der Waals surface area contributed by atoms with Crippen LogP contribution >= 0.6 is 0 Å². The number of sulfone groups is 1. The van der Waals surface area contributed by atoms with E-state index in [1.54, 1.807) is 0 Å². The Bertz CT molecular complexity index is 968. The molecule has 1 aromatic rings. The number of rotatable bonds is 6. The number of hydrogen-bond acceptors (Lipinski definition) is 8. The Labute approximate surface area is 171 Å². The van der Waals surface area contributed by atoms with Crippen molar-refractivity contribution in [2.75, 3.05) is 38.8 Å². The van der Waals surface area contributed by atoms with E-state index in [2.05, 4.69) is 14.4 Å². The smallest absolute Gasteiger partial charge is 0.337 e. The van der Waals surface area contributed by atoms with Gasteiger partial charge in [0.1, 0.15) is 10.6 Å². The lowest BCUT2D eigenvalue weighted by Crippen LogP contribution is -2.48. The Morgan fingerprint density at radius 3 is 2.41 bits per heavy atom. The van der Waals surface area contributed by atoms with Crippen molar-refractivity contribution in [3.05, 3.63) is 23.8 Å². The van der Waals surface area contributed by atoms with Crippen LogP contribution in [0.2, 0.25) is 0 Å². The number of carbonyl (C=O) groups excluding carboxylic acids is 1. The van der Waals surface area contributed by atoms with E-state index in [1.807, 2.05) is 0 Å². The van der Waals surface area contributed by atoms with Crippen LogP contribution < -0.4 is 9.46 Å². The number of likely N-dealkylation sites (tertiary alicyclic amines) is 1. The van der Waals surface area contributed by atoms with Gasteiger partial charge in [-0.05, 0) is 50.6 Å². The molecule has 1 atom stereocenters. The molecule has 0 radical (unpaired) electrons. The van der Waals surface area contributed by atoms with Crippen LogP contribution in [0.1, 0.15) is 29.6 Å². The maximum Gasteiger partial charge on any atom is 0.337 e. The molecule has 162 valence electrons. The third-order valence-electron chi connectivity index (χ3n) is 5.45. The van der Waals surface area contributed by atoms with Gasteiger partial charge in [-0.1, -0.05) is 0 Å². The molecule has 11 heteroatoms. The first-order valence-corrected chi connectivity index (χ1v) is 12.7. The summed E-state index contributed by atoms with van der Waals surface area (Å²) in [6.45, 7) is 1.26. The second kappa shape index (κ2) is 8.58. The number of carbonyl (C=O) groups is 1. The summed E-state index contributed by atoms with van der Waals surface area (Å²) in [6.07, 6.45) is 1.79. The molecule has 0 unspecified atom stereocenters. The van der Waals surface area contributed by atoms with E-state index in [9.17, 15) is 21.6 Å². The maximum absolute atomic E-state index is 12.9. The Morgan fingerprint density at radius 1 is 1.17 bits per heavy atom. The molecule has 9 nitrogen and oxygen atoms in total. The van der Waals surface area contributed by atoms with Gasteiger partial charge in [-0.25, -0.2) is 26.4 Å². The summed E-state index contributed by atoms with van der Waals surface area (Å²) in [4.78, 5) is 13.8. The number of sulfonamides is 1. The molecule has 0 amide bonds. The predicted molar refractivity (Wildman–Crippen MR) is 106 cm³/mol. The van der Waals surface area contributed by atoms with E-state index in [0.29, 0.717) is 32.4 Å². The summed E-state index contributed by atoms with van der Waals surface area (Å²) in [7, 11) is -4.28. The Balaban J connectivity index is 1.68. The third-order valence-corrected chi connectivity index (χ3v) is 8.74. The van der Waals surface area contributed by atoms with Gasteiger partial charge in [0.05, 0.1) is 31.3 Å². The van der Waals surface area contributed by atoms with Crippen molar-refractivity contribution in [2.24, 2.45) is 0 Å². The van der Waals surface area contributed by atoms with Gasteiger partial charge in [0, 0.05) is 12.1 Å². The Morgan fingerprint density at radius 2 is 1.86 bits per heavy atom. The molecular formula is C18H26N2O7S2. The Kier molecular flexibility index (Phi) is 6.51. The summed E-state index contributed by atoms with van der Waals surface area (Å²) in [5, 5.41) is 0. The van der Waals surface area contributed by atoms with Crippen LogP contribution in [0.3, 0.4) is 0 Å². The summed E-state index contributed by atoms with van der Waals surface area (Å²) >= 11 is 0. The molecule has 2 aliphatic rings. The number of nitrogens with one attached hydrogen (secondary N) is 1. The number of ether oxygens (including phenoxy) is 2. The predicted octanol–water partition coefficient (Wildman–Crippen LogP) is 0.412. The van der Waals surface area contributed by atoms with E-state index < -0.39 is 25.8 Å². The highest BCUT2D eigenvalue weighted by molar-refractivity contribution is 7.91. The zero-order valence-electron chi connectivity index (χ0n) is 16.5. The SMILES string of the molecule is COC(=O)c1ccc(OC)c(S(=O)(=O)NC2CCN([C@H]3CCS(=O)(=O)C3)CC2)c1. The normalized spacial score (nSPS) is 23.0. The van der Waals surface area contributed by atoms with Crippen molar-refractivity contribution in [3.63, 3.8) is 0 Å². The average Bonchev–Trinajstić information content (AvgIpc) is 3.06. The molecule has 0 spiro atoms. The molecule has 1 aromatic carbocycles. The first-order valence-electron chi connectivity index (χ1n) is 9.38. The highest BCUT2D eigenvalue weighted by Crippen LogP contribution is 2.27. The minimum Gasteiger partial charge on any atom is -0.495 e. The fourth-order valence-corrected chi connectivity index (χ4v) is 7.12. The van der Waals surface area contributed by atoms with Crippen LogP contribution in [0.15, 0.2) is 23.1 Å². The van der Waals surface area contributed by atoms with Gasteiger partial charge >= 0.3 is 5.97 Å². The van der Waals surface area contributed by atoms with Crippen LogP contribution in [0.25, 0.3) is 0 Å². The van der Waals surface area contributed by atoms with Crippen molar-refractivity contribution in [3.8, 4) is 5.75 Å². The fraction of sp³-hybridized carbons (Fsp3) is 0.611. The minimum absolute atomic E-state index is 0.0226. The summed E-state index contributed by atoms with van der Waals surface area (Å²) in [6, 6.07) is 3.85. The monoisotopic (exact) mass is 446 g/mol. The number of methoxy groups -OCH3 is 2. The van der Waals surface area contributed by atoms with E-state index in [1.165, 1.54) is 32.4 Å². The fourth-order valence-electron chi connectivity index (χ4n) is 3.86. The molecule has 2 fully saturated rings. The van der Waals surface area contributed by atoms with Crippen molar-refractivity contribution in [2.45, 2.75) is 36.2 Å². The number of hydrogen-bond donors (Lipinski definition) is 1. The van der Waals surface area contributed by atoms with Crippen molar-refractivity contribution < 1.29 is 31.1 Å². The number of piperidine rings is 1. The molecular weight excluding hydrogens is 420 g/mol. The van der Waals surface area contributed by atoms with Crippen LogP contribution in [-0.2, 0) is 24.6 Å². The molecule has 0 bridgehead atoms. The standard InChI is InChI=1S/C18H26N2O7S2/c1-26-16-4-3-13(18(21)27-2)11-17(16)29(24,25)19-14-5-8-20(9-6-14)15-7-10-28(22,23)12-15/h3-4,11,14-15,19H,5-10,12H2,1-2H3/t15-/m0/s1. The molecule has 2 heterocycles. The van der Waals surface area contributed by atoms with Gasteiger partial charge in [0.15, 0.2) is 9.84 Å². The second-order valence-corrected chi connectivity index (χ2v) is 11.3. The van der Waals surface area contributed by atoms with Gasteiger partial charge < -0.3 is 9.47 Å². The largest absolute Gasteiger partial charge is 0.495 e. The van der Waals surface area contributed by atoms with Gasteiger partial charge in [-0.2, -0.15) is 0 Å². The van der Waals surface area contributed by atoms with E-state index in [0.717, 1.165) is 0 Å². The third kappa shape index (κ3) is 5.08. The van der Waals surface area contributed by atoms with E-state index in [-0.39, 0.29) is 39.8 Å². The average molecular weight is 447 g/mol. The Hall–Kier alpha value is -1.69. The van der Waals surface area contributed by atoms with Crippen LogP contribution in [-0.4, -0.2) is 78.6 Å². The van der Waals surface area contributed by atoms with E-state index in [4.69, 9.17) is 4.74 Å². The lowest BCUT2D eigenvalue weighted by atomic mass is 10.0. The molecule has 3 rings (SSSR count). The molecule has 2 aliphatic heterocycles. The van der Waals surface area contributed by atoms with Gasteiger partial charge in [-0.3, -0.25) is 4.90 Å². The highest BCUT2D eigenvalue weighted by atomic mass is 32.2. The lowest BCUT2D eigenvalue weighted by molar-refractivity contribution is 0.0600. The maximum atomic E-state index is 12.9. The van der Waals surface area contributed by atoms with Gasteiger partial charge in [-0.15, -0.1) is 0 Å². The topological polar surface area (TPSA) is 119 Å². The van der Waals surface area contributed by atoms with E-state index >= 15 is 0 Å². The first-order chi connectivity index (χ1) is 13.6. The number of benzene rings is 1. The molecule has 1 N–H and O–H groups in total. The minimum atomic E-state index is -3.92. The van der Waals surface area contributed by atoms with Crippen molar-refractivity contribution in [1.82, 2.24) is 9.62 Å².